The van der Waals surface area contributed by atoms with Gasteiger partial charge in [-0.2, -0.15) is 0 Å². The number of rotatable bonds is 8. The van der Waals surface area contributed by atoms with E-state index in [4.69, 9.17) is 32.7 Å². The summed E-state index contributed by atoms with van der Waals surface area (Å²) in [4.78, 5) is 59.3. The molecule has 6 aliphatic rings. The van der Waals surface area contributed by atoms with Crippen LogP contribution in [0.15, 0.2) is 72.8 Å². The molecule has 0 radical (unpaired) electrons. The average Bonchev–Trinajstić information content (AvgIpc) is 3.99. The van der Waals surface area contributed by atoms with E-state index < -0.39 is 35.1 Å². The van der Waals surface area contributed by atoms with Crippen molar-refractivity contribution in [2.45, 2.75) is 101 Å². The number of amides is 4. The molecule has 4 aromatic rings. The molecule has 1 unspecified atom stereocenters. The fraction of sp³-hybridized carbons (Fsp3) is 0.444. The van der Waals surface area contributed by atoms with Gasteiger partial charge < -0.3 is 35.2 Å². The minimum Gasteiger partial charge on any atom is -0.494 e. The fourth-order valence-electron chi connectivity index (χ4n) is 12.0. The highest BCUT2D eigenvalue weighted by Gasteiger charge is 2.61. The van der Waals surface area contributed by atoms with E-state index in [2.05, 4.69) is 63.7 Å². The van der Waals surface area contributed by atoms with Crippen LogP contribution in [0.5, 0.6) is 5.75 Å². The minimum atomic E-state index is -0.849. The van der Waals surface area contributed by atoms with Gasteiger partial charge in [0.05, 0.1) is 43.1 Å². The number of anilines is 3. The number of ether oxygens (including phenoxy) is 2. The molecule has 10 rings (SSSR count). The SMILES string of the molecule is COc1cc(N2CCC[C@@H](N3CCOC[C@H]3C#Cc3cccc4c3CN(C3CCC(=O)NC3=O)C4=O)C2)ccc1NC(=O)[C@@H]1N[C@@H](CC(C)(C)C)[C@@]2(CNc3cc(Cl)ccc32)[C@H]1c1cccc(Cl)c1F. The predicted molar refractivity (Wildman–Crippen MR) is 268 cm³/mol. The Balaban J connectivity index is 0.877. The van der Waals surface area contributed by atoms with Crippen molar-refractivity contribution in [2.24, 2.45) is 5.41 Å². The molecule has 1 spiro atoms. The molecule has 6 heterocycles. The van der Waals surface area contributed by atoms with E-state index in [-0.39, 0.29) is 59.3 Å². The maximum atomic E-state index is 16.4. The van der Waals surface area contributed by atoms with Crippen LogP contribution in [0.2, 0.25) is 10.0 Å². The van der Waals surface area contributed by atoms with Gasteiger partial charge in [0, 0.05) is 96.2 Å². The number of fused-ring (bicyclic) bond motifs is 3. The number of carbonyl (C=O) groups excluding carboxylic acids is 4. The summed E-state index contributed by atoms with van der Waals surface area (Å²) in [6, 6.07) is 20.3. The van der Waals surface area contributed by atoms with Gasteiger partial charge in [-0.15, -0.1) is 0 Å². The molecule has 4 fully saturated rings. The number of methoxy groups -OCH3 is 1. The summed E-state index contributed by atoms with van der Waals surface area (Å²) in [7, 11) is 1.59. The van der Waals surface area contributed by atoms with Gasteiger partial charge in [0.1, 0.15) is 17.6 Å². The molecule has 4 N–H and O–H groups in total. The summed E-state index contributed by atoms with van der Waals surface area (Å²) in [5.41, 5.74) is 4.86. The van der Waals surface area contributed by atoms with Crippen LogP contribution in [0.1, 0.15) is 91.4 Å². The molecule has 0 saturated carbocycles. The largest absolute Gasteiger partial charge is 0.494 e. The molecule has 4 saturated heterocycles. The van der Waals surface area contributed by atoms with Crippen LogP contribution in [0.25, 0.3) is 0 Å². The van der Waals surface area contributed by atoms with Crippen molar-refractivity contribution in [1.82, 2.24) is 20.4 Å². The molecule has 366 valence electrons. The monoisotopic (exact) mass is 989 g/mol. The fourth-order valence-corrected chi connectivity index (χ4v) is 12.3. The van der Waals surface area contributed by atoms with Gasteiger partial charge >= 0.3 is 0 Å². The maximum Gasteiger partial charge on any atom is 0.255 e. The first-order chi connectivity index (χ1) is 33.6. The molecular weight excluding hydrogens is 933 g/mol. The van der Waals surface area contributed by atoms with E-state index in [1.165, 1.54) is 6.07 Å². The maximum absolute atomic E-state index is 16.4. The summed E-state index contributed by atoms with van der Waals surface area (Å²) in [6.45, 7) is 10.5. The number of morpholine rings is 1. The molecular formula is C54H58Cl2FN7O6. The van der Waals surface area contributed by atoms with Crippen molar-refractivity contribution in [3.63, 3.8) is 0 Å². The van der Waals surface area contributed by atoms with Crippen LogP contribution >= 0.6 is 23.2 Å². The van der Waals surface area contributed by atoms with E-state index in [0.717, 1.165) is 54.0 Å². The molecule has 4 amide bonds. The highest BCUT2D eigenvalue weighted by atomic mass is 35.5. The van der Waals surface area contributed by atoms with E-state index in [0.29, 0.717) is 66.7 Å². The smallest absolute Gasteiger partial charge is 0.255 e. The normalized spacial score (nSPS) is 26.6. The Morgan fingerprint density at radius 2 is 1.86 bits per heavy atom. The Kier molecular flexibility index (Phi) is 13.1. The summed E-state index contributed by atoms with van der Waals surface area (Å²) >= 11 is 13.0. The third-order valence-electron chi connectivity index (χ3n) is 15.2. The van der Waals surface area contributed by atoms with E-state index in [1.54, 1.807) is 30.2 Å². The first-order valence-corrected chi connectivity index (χ1v) is 25.0. The van der Waals surface area contributed by atoms with Crippen LogP contribution in [0, 0.1) is 23.1 Å². The molecule has 0 bridgehead atoms. The number of hydrogen-bond acceptors (Lipinski definition) is 10. The summed E-state index contributed by atoms with van der Waals surface area (Å²) in [5.74, 6) is 4.88. The minimum absolute atomic E-state index is 0.00181. The lowest BCUT2D eigenvalue weighted by Crippen LogP contribution is -2.55. The zero-order valence-electron chi connectivity index (χ0n) is 39.8. The molecule has 16 heteroatoms. The lowest BCUT2D eigenvalue weighted by molar-refractivity contribution is -0.137. The van der Waals surface area contributed by atoms with Crippen molar-refractivity contribution in [2.75, 3.05) is 62.0 Å². The Morgan fingerprint density at radius 1 is 1.03 bits per heavy atom. The number of halogens is 3. The third-order valence-corrected chi connectivity index (χ3v) is 15.7. The van der Waals surface area contributed by atoms with Crippen molar-refractivity contribution < 1.29 is 33.0 Å². The van der Waals surface area contributed by atoms with Crippen LogP contribution < -0.4 is 30.9 Å². The molecule has 7 atom stereocenters. The van der Waals surface area contributed by atoms with Gasteiger partial charge in [0.15, 0.2) is 0 Å². The highest BCUT2D eigenvalue weighted by molar-refractivity contribution is 6.31. The lowest BCUT2D eigenvalue weighted by Gasteiger charge is -2.44. The Labute approximate surface area is 418 Å². The van der Waals surface area contributed by atoms with Gasteiger partial charge in [-0.25, -0.2) is 4.39 Å². The summed E-state index contributed by atoms with van der Waals surface area (Å²) in [5, 5.41) is 13.5. The standard InChI is InChI=1S/C54H58Cl2FN7O6/c1-53(2,3)26-45-54(30-58-42-24-32(55)14-17-39(42)54)47(37-11-6-12-40(56)48(37)57)49(60-45)51(67)59-41-18-16-33(25-44(41)69-4)62-21-7-9-34(27-62)63-22-23-70-29-35(63)15-13-31-8-5-10-36-38(31)28-64(52(36)68)43-19-20-46(65)61-50(43)66/h5-6,8,10-12,14,16-18,24-25,34-35,43,45,47,49,58,60H,7,9,19-23,26-30H2,1-4H3,(H,59,67)(H,61,65,66)/t34-,35-,43?,45+,47+,49-,54+/m1/s1. The molecule has 0 aromatic heterocycles. The molecule has 6 aliphatic heterocycles. The first kappa shape index (κ1) is 48.0. The predicted octanol–water partition coefficient (Wildman–Crippen LogP) is 7.49. The van der Waals surface area contributed by atoms with Crippen LogP contribution in [-0.4, -0.2) is 110 Å². The second-order valence-corrected chi connectivity index (χ2v) is 21.5. The first-order valence-electron chi connectivity index (χ1n) is 24.2. The van der Waals surface area contributed by atoms with Crippen molar-refractivity contribution in [3.05, 3.63) is 116 Å². The number of nitrogens with zero attached hydrogens (tertiary/aromatic N) is 3. The molecule has 70 heavy (non-hydrogen) atoms. The Bertz CT molecular complexity index is 2830. The van der Waals surface area contributed by atoms with Crippen molar-refractivity contribution >= 4 is 63.9 Å². The quantitative estimate of drug-likeness (QED) is 0.104. The Morgan fingerprint density at radius 3 is 2.66 bits per heavy atom. The van der Waals surface area contributed by atoms with Crippen LogP contribution in [0.4, 0.5) is 21.5 Å². The van der Waals surface area contributed by atoms with Gasteiger partial charge in [-0.3, -0.25) is 29.4 Å². The molecule has 0 aliphatic carbocycles. The average molecular weight is 991 g/mol. The van der Waals surface area contributed by atoms with Crippen LogP contribution in [0.3, 0.4) is 0 Å². The van der Waals surface area contributed by atoms with Gasteiger partial charge in [0.2, 0.25) is 17.7 Å². The highest BCUT2D eigenvalue weighted by Crippen LogP contribution is 2.57. The van der Waals surface area contributed by atoms with Gasteiger partial charge in [-0.05, 0) is 90.3 Å². The van der Waals surface area contributed by atoms with E-state index in [1.807, 2.05) is 48.5 Å². The number of hydrogen-bond donors (Lipinski definition) is 4. The summed E-state index contributed by atoms with van der Waals surface area (Å²) in [6.07, 6.45) is 3.11. The topological polar surface area (TPSA) is 145 Å². The van der Waals surface area contributed by atoms with E-state index >= 15 is 4.39 Å². The van der Waals surface area contributed by atoms with Gasteiger partial charge in [-0.1, -0.05) is 80.1 Å². The number of imide groups is 1. The lowest BCUT2D eigenvalue weighted by atomic mass is 9.63. The van der Waals surface area contributed by atoms with Crippen molar-refractivity contribution in [1.29, 1.82) is 0 Å². The summed E-state index contributed by atoms with van der Waals surface area (Å²) < 4.78 is 28.4. The number of benzene rings is 4. The van der Waals surface area contributed by atoms with Crippen LogP contribution in [-0.2, 0) is 31.1 Å². The number of piperidine rings is 2. The second kappa shape index (κ2) is 19.1. The number of nitrogens with one attached hydrogen (secondary N) is 4. The number of carbonyl (C=O) groups is 4. The van der Waals surface area contributed by atoms with E-state index in [9.17, 15) is 19.2 Å². The van der Waals surface area contributed by atoms with Gasteiger partial charge in [0.25, 0.3) is 5.91 Å². The molecule has 13 nitrogen and oxygen atoms in total. The third kappa shape index (κ3) is 8.89. The Hall–Kier alpha value is -5.69. The van der Waals surface area contributed by atoms with Crippen molar-refractivity contribution in [3.8, 4) is 17.6 Å². The second-order valence-electron chi connectivity index (χ2n) is 20.6. The zero-order chi connectivity index (χ0) is 49.1. The molecule has 4 aromatic carbocycles. The zero-order valence-corrected chi connectivity index (χ0v) is 41.3.